The zero-order valence-corrected chi connectivity index (χ0v) is 36.5. The lowest BCUT2D eigenvalue weighted by Gasteiger charge is -2.08. The van der Waals surface area contributed by atoms with Crippen LogP contribution in [0.1, 0.15) is 157 Å². The van der Waals surface area contributed by atoms with Gasteiger partial charge in [-0.3, -0.25) is 33.1 Å². The molecule has 0 aliphatic rings. The van der Waals surface area contributed by atoms with Gasteiger partial charge in [0.2, 0.25) is 0 Å². The summed E-state index contributed by atoms with van der Waals surface area (Å²) in [6.45, 7) is 8.86. The highest BCUT2D eigenvalue weighted by Gasteiger charge is 2.29. The maximum Gasteiger partial charge on any atom is 0.466 e. The molecule has 0 radical (unpaired) electrons. The first-order valence-electron chi connectivity index (χ1n) is 18.5. The first kappa shape index (κ1) is 70.7. The summed E-state index contributed by atoms with van der Waals surface area (Å²) in [6.07, 6.45) is 15.3. The Morgan fingerprint density at radius 1 is 0.483 bits per heavy atom. The normalized spacial score (nSPS) is 11.3. The van der Waals surface area contributed by atoms with Crippen molar-refractivity contribution in [3.63, 3.8) is 0 Å². The zero-order valence-electron chi connectivity index (χ0n) is 34.8. The molecule has 0 rings (SSSR count). The van der Waals surface area contributed by atoms with Gasteiger partial charge in [0.25, 0.3) is 0 Å². The molecule has 360 valence electrons. The van der Waals surface area contributed by atoms with Gasteiger partial charge in [-0.15, -0.1) is 0 Å². The van der Waals surface area contributed by atoms with Gasteiger partial charge in [0.1, 0.15) is 0 Å². The fourth-order valence-electron chi connectivity index (χ4n) is 3.13. The van der Waals surface area contributed by atoms with Gasteiger partial charge in [0.05, 0.1) is 18.3 Å². The molecule has 0 saturated carbocycles. The van der Waals surface area contributed by atoms with Crippen molar-refractivity contribution in [1.82, 2.24) is 0 Å². The van der Waals surface area contributed by atoms with Crippen molar-refractivity contribution < 1.29 is 116 Å². The third kappa shape index (κ3) is 105. The molecule has 26 heteroatoms. The standard InChI is InChI=1S/C18H36O2.C5H10O2.C4H6O6.C4H6O4.C3H6O2.H3O4P.H2O4S/c1-2-3-4-5-6-7-8-9-10-11-12-13-14-15-16-17-18(19)20;1-5(2,3)4(6)7;5-1(3(7)8)2(6)4(9)10;5-3(6)1-2-4(7)8;1-2-3(4)5;2*1-5(2,3)4/h2-17H2,1H3,(H,19,20);1-3H3,(H,6,7);1-2,5-6H,(H,7,8)(H,9,10);1-2H2,(H,5,6)(H,7,8);2H2,1H3,(H,4,5);(H3,1,2,3,4);(H2,1,2,3,4). The number of carboxylic acid groups (broad SMARTS) is 7. The molecule has 0 bridgehead atoms. The van der Waals surface area contributed by atoms with Crippen molar-refractivity contribution >= 4 is 60.0 Å². The molecule has 0 spiro atoms. The van der Waals surface area contributed by atoms with Gasteiger partial charge in [0, 0.05) is 12.8 Å². The van der Waals surface area contributed by atoms with E-state index in [1.807, 2.05) is 0 Å². The lowest BCUT2D eigenvalue weighted by molar-refractivity contribution is -0.165. The summed E-state index contributed by atoms with van der Waals surface area (Å²) in [6, 6.07) is 0. The summed E-state index contributed by atoms with van der Waals surface area (Å²) >= 11 is 0. The highest BCUT2D eigenvalue weighted by atomic mass is 32.3. The van der Waals surface area contributed by atoms with Crippen LogP contribution in [-0.2, 0) is 48.5 Å². The highest BCUT2D eigenvalue weighted by Crippen LogP contribution is 2.25. The molecular formula is C34H69O24PS. The maximum absolute atomic E-state index is 10.3. The summed E-state index contributed by atoms with van der Waals surface area (Å²) in [4.78, 5) is 90.1. The zero-order chi connectivity index (χ0) is 49.1. The van der Waals surface area contributed by atoms with Crippen molar-refractivity contribution in [1.29, 1.82) is 0 Å². The number of unbranched alkanes of at least 4 members (excludes halogenated alkanes) is 14. The quantitative estimate of drug-likeness (QED) is 0.0388. The Bertz CT molecular complexity index is 1240. The number of hydrogen-bond donors (Lipinski definition) is 14. The molecule has 0 saturated heterocycles. The molecule has 2 unspecified atom stereocenters. The van der Waals surface area contributed by atoms with Gasteiger partial charge in [-0.1, -0.05) is 104 Å². The minimum Gasteiger partial charge on any atom is -0.481 e. The van der Waals surface area contributed by atoms with E-state index in [4.69, 9.17) is 82.7 Å². The van der Waals surface area contributed by atoms with Crippen LogP contribution in [0.2, 0.25) is 0 Å². The number of rotatable bonds is 23. The van der Waals surface area contributed by atoms with E-state index in [1.165, 1.54) is 83.5 Å². The molecule has 0 aromatic carbocycles. The second-order valence-electron chi connectivity index (χ2n) is 13.2. The van der Waals surface area contributed by atoms with Crippen LogP contribution in [0.25, 0.3) is 0 Å². The lowest BCUT2D eigenvalue weighted by Crippen LogP contribution is -2.39. The first-order valence-corrected chi connectivity index (χ1v) is 21.4. The van der Waals surface area contributed by atoms with Crippen LogP contribution in [0.15, 0.2) is 0 Å². The molecule has 0 amide bonds. The number of carbonyl (C=O) groups is 7. The number of hydrogen-bond acceptors (Lipinski definition) is 12. The van der Waals surface area contributed by atoms with Crippen LogP contribution < -0.4 is 0 Å². The van der Waals surface area contributed by atoms with E-state index in [0.717, 1.165) is 12.8 Å². The predicted molar refractivity (Wildman–Crippen MR) is 212 cm³/mol. The smallest absolute Gasteiger partial charge is 0.466 e. The first-order chi connectivity index (χ1) is 27.1. The topological polar surface area (TPSA) is 454 Å². The molecule has 14 N–H and O–H groups in total. The van der Waals surface area contributed by atoms with Crippen LogP contribution in [-0.4, -0.2) is 132 Å². The molecular weight excluding hydrogens is 855 g/mol. The highest BCUT2D eigenvalue weighted by molar-refractivity contribution is 7.79. The monoisotopic (exact) mass is 924 g/mol. The molecule has 0 heterocycles. The molecule has 0 aliphatic carbocycles. The number of phosphoric acid groups is 1. The molecule has 0 aliphatic heterocycles. The van der Waals surface area contributed by atoms with E-state index in [2.05, 4.69) is 6.92 Å². The van der Waals surface area contributed by atoms with Crippen LogP contribution in [0.3, 0.4) is 0 Å². The summed E-state index contributed by atoms with van der Waals surface area (Å²) in [5, 5.41) is 72.8. The Morgan fingerprint density at radius 2 is 0.667 bits per heavy atom. The third-order valence-electron chi connectivity index (χ3n) is 6.30. The second-order valence-corrected chi connectivity index (χ2v) is 15.1. The number of carboxylic acids is 7. The van der Waals surface area contributed by atoms with Crippen LogP contribution in [0.4, 0.5) is 0 Å². The predicted octanol–water partition coefficient (Wildman–Crippen LogP) is 4.16. The van der Waals surface area contributed by atoms with Crippen LogP contribution >= 0.6 is 7.82 Å². The molecule has 24 nitrogen and oxygen atoms in total. The summed E-state index contributed by atoms with van der Waals surface area (Å²) in [5.41, 5.74) is -0.583. The summed E-state index contributed by atoms with van der Waals surface area (Å²) in [7, 11) is -9.31. The van der Waals surface area contributed by atoms with Gasteiger partial charge in [-0.25, -0.2) is 14.2 Å². The second kappa shape index (κ2) is 44.7. The van der Waals surface area contributed by atoms with Gasteiger partial charge in [-0.05, 0) is 27.2 Å². The molecule has 60 heavy (non-hydrogen) atoms. The number of aliphatic carboxylic acids is 7. The van der Waals surface area contributed by atoms with Crippen molar-refractivity contribution in [3.05, 3.63) is 0 Å². The van der Waals surface area contributed by atoms with Crippen molar-refractivity contribution in [2.45, 2.75) is 169 Å². The van der Waals surface area contributed by atoms with Gasteiger partial charge in [-0.2, -0.15) is 8.42 Å². The van der Waals surface area contributed by atoms with E-state index in [-0.39, 0.29) is 19.3 Å². The van der Waals surface area contributed by atoms with Crippen LogP contribution in [0, 0.1) is 5.41 Å². The Labute approximate surface area is 350 Å². The lowest BCUT2D eigenvalue weighted by atomic mass is 9.98. The minimum absolute atomic E-state index is 0.222. The Balaban J connectivity index is -0.000000119. The molecule has 0 aromatic heterocycles. The van der Waals surface area contributed by atoms with E-state index in [0.29, 0.717) is 6.42 Å². The van der Waals surface area contributed by atoms with Gasteiger partial charge in [0.15, 0.2) is 12.2 Å². The summed E-state index contributed by atoms with van der Waals surface area (Å²) < 4.78 is 40.5. The SMILES string of the molecule is CC(C)(C)C(=O)O.CCC(=O)O.CCCCCCCCCCCCCCCCCC(=O)O.O=C(O)C(O)C(O)C(=O)O.O=C(O)CCC(=O)O.O=P(O)(O)O.O=S(=O)(O)O. The average Bonchev–Trinajstić information content (AvgIpc) is 3.07. The molecule has 0 aromatic rings. The number of aliphatic hydroxyl groups is 2. The fourth-order valence-corrected chi connectivity index (χ4v) is 3.13. The Kier molecular flexibility index (Phi) is 52.7. The van der Waals surface area contributed by atoms with E-state index in [9.17, 15) is 33.6 Å². The molecule has 0 fully saturated rings. The van der Waals surface area contributed by atoms with Crippen LogP contribution in [0.5, 0.6) is 0 Å². The van der Waals surface area contributed by atoms with E-state index >= 15 is 0 Å². The fraction of sp³-hybridized carbons (Fsp3) is 0.794. The van der Waals surface area contributed by atoms with Crippen molar-refractivity contribution in [3.8, 4) is 0 Å². The van der Waals surface area contributed by atoms with E-state index < -0.39 is 77.6 Å². The summed E-state index contributed by atoms with van der Waals surface area (Å²) in [5.74, 6) is -7.85. The van der Waals surface area contributed by atoms with Gasteiger partial charge < -0.3 is 60.6 Å². The minimum atomic E-state index is -4.67. The molecule has 2 atom stereocenters. The number of aliphatic hydroxyl groups excluding tert-OH is 2. The van der Waals surface area contributed by atoms with Crippen molar-refractivity contribution in [2.75, 3.05) is 0 Å². The largest absolute Gasteiger partial charge is 0.481 e. The van der Waals surface area contributed by atoms with E-state index in [1.54, 1.807) is 27.7 Å². The van der Waals surface area contributed by atoms with Crippen molar-refractivity contribution in [2.24, 2.45) is 5.41 Å². The van der Waals surface area contributed by atoms with Gasteiger partial charge >= 0.3 is 60.0 Å². The maximum atomic E-state index is 10.3. The Hall–Kier alpha value is -3.81. The Morgan fingerprint density at radius 3 is 0.800 bits per heavy atom. The average molecular weight is 925 g/mol. The third-order valence-corrected chi connectivity index (χ3v) is 6.30.